The second kappa shape index (κ2) is 8.66. The molecule has 0 bridgehead atoms. The van der Waals surface area contributed by atoms with Crippen LogP contribution in [0.1, 0.15) is 30.6 Å². The Balaban J connectivity index is 2.53. The number of amides is 1. The Hall–Kier alpha value is -1.46. The predicted octanol–water partition coefficient (Wildman–Crippen LogP) is 1.54. The molecular formula is C15H25N3O2. The molecule has 20 heavy (non-hydrogen) atoms. The second-order valence-corrected chi connectivity index (χ2v) is 5.02. The first-order valence-electron chi connectivity index (χ1n) is 6.96. The molecule has 0 aliphatic rings. The maximum absolute atomic E-state index is 12.0. The average Bonchev–Trinajstić information content (AvgIpc) is 2.42. The lowest BCUT2D eigenvalue weighted by atomic mass is 10.1. The molecule has 0 fully saturated rings. The van der Waals surface area contributed by atoms with E-state index in [1.165, 1.54) is 0 Å². The van der Waals surface area contributed by atoms with Crippen molar-refractivity contribution in [2.75, 3.05) is 33.9 Å². The molecule has 0 aliphatic carbocycles. The summed E-state index contributed by atoms with van der Waals surface area (Å²) in [5.74, 6) is 0.0127. The molecule has 0 saturated heterocycles. The van der Waals surface area contributed by atoms with Gasteiger partial charge in [0.25, 0.3) is 0 Å². The Labute approximate surface area is 121 Å². The van der Waals surface area contributed by atoms with Crippen LogP contribution < -0.4 is 5.32 Å². The van der Waals surface area contributed by atoms with Crippen LogP contribution in [0.2, 0.25) is 0 Å². The topological polar surface area (TPSA) is 54.5 Å². The molecule has 1 amide bonds. The fraction of sp³-hybridized carbons (Fsp3) is 0.600. The molecule has 0 saturated carbocycles. The van der Waals surface area contributed by atoms with Crippen molar-refractivity contribution in [3.05, 3.63) is 29.6 Å². The molecule has 0 aliphatic heterocycles. The van der Waals surface area contributed by atoms with Crippen molar-refractivity contribution in [1.29, 1.82) is 0 Å². The van der Waals surface area contributed by atoms with E-state index in [0.29, 0.717) is 13.2 Å². The van der Waals surface area contributed by atoms with E-state index in [-0.39, 0.29) is 11.9 Å². The zero-order chi connectivity index (χ0) is 15.0. The normalized spacial score (nSPS) is 12.4. The smallest absolute Gasteiger partial charge is 0.234 e. The van der Waals surface area contributed by atoms with E-state index < -0.39 is 0 Å². The summed E-state index contributed by atoms with van der Waals surface area (Å²) in [5, 5.41) is 3.03. The van der Waals surface area contributed by atoms with E-state index in [0.717, 1.165) is 24.2 Å². The van der Waals surface area contributed by atoms with Gasteiger partial charge in [-0.2, -0.15) is 0 Å². The van der Waals surface area contributed by atoms with E-state index in [2.05, 4.69) is 10.3 Å². The first-order chi connectivity index (χ1) is 9.56. The lowest BCUT2D eigenvalue weighted by Gasteiger charge is -2.20. The largest absolute Gasteiger partial charge is 0.383 e. The molecule has 112 valence electrons. The highest BCUT2D eigenvalue weighted by Crippen LogP contribution is 2.14. The highest BCUT2D eigenvalue weighted by molar-refractivity contribution is 5.78. The lowest BCUT2D eigenvalue weighted by molar-refractivity contribution is -0.122. The van der Waals surface area contributed by atoms with Gasteiger partial charge in [0, 0.05) is 19.9 Å². The van der Waals surface area contributed by atoms with Crippen LogP contribution in [-0.2, 0) is 9.53 Å². The van der Waals surface area contributed by atoms with Crippen molar-refractivity contribution >= 4 is 5.91 Å². The average molecular weight is 279 g/mol. The quantitative estimate of drug-likeness (QED) is 0.784. The number of nitrogens with one attached hydrogen (secondary N) is 1. The van der Waals surface area contributed by atoms with E-state index in [1.54, 1.807) is 13.3 Å². The zero-order valence-corrected chi connectivity index (χ0v) is 12.8. The third-order valence-electron chi connectivity index (χ3n) is 3.13. The summed E-state index contributed by atoms with van der Waals surface area (Å²) in [5.41, 5.74) is 2.07. The molecule has 0 aromatic carbocycles. The van der Waals surface area contributed by atoms with Crippen LogP contribution >= 0.6 is 0 Å². The minimum absolute atomic E-state index is 0.0127. The number of carbonyl (C=O) groups is 1. The SMILES string of the molecule is CCC(NC(=O)CN(C)CCOC)c1cc(C)ccn1. The minimum Gasteiger partial charge on any atom is -0.383 e. The molecular weight excluding hydrogens is 254 g/mol. The number of carbonyl (C=O) groups excluding carboxylic acids is 1. The molecule has 5 heteroatoms. The Morgan fingerprint density at radius 3 is 2.90 bits per heavy atom. The summed E-state index contributed by atoms with van der Waals surface area (Å²) in [6.45, 7) is 5.80. The Morgan fingerprint density at radius 1 is 1.55 bits per heavy atom. The van der Waals surface area contributed by atoms with Gasteiger partial charge in [-0.1, -0.05) is 6.92 Å². The van der Waals surface area contributed by atoms with Crippen LogP contribution in [0, 0.1) is 6.92 Å². The predicted molar refractivity (Wildman–Crippen MR) is 79.5 cm³/mol. The van der Waals surface area contributed by atoms with Crippen molar-refractivity contribution in [3.8, 4) is 0 Å². The maximum atomic E-state index is 12.0. The van der Waals surface area contributed by atoms with Gasteiger partial charge in [-0.05, 0) is 38.1 Å². The van der Waals surface area contributed by atoms with Crippen LogP contribution in [0.5, 0.6) is 0 Å². The summed E-state index contributed by atoms with van der Waals surface area (Å²) < 4.78 is 5.00. The number of methoxy groups -OCH3 is 1. The molecule has 1 heterocycles. The standard InChI is InChI=1S/C15H25N3O2/c1-5-13(14-10-12(2)6-7-16-14)17-15(19)11-18(3)8-9-20-4/h6-7,10,13H,5,8-9,11H2,1-4H3,(H,17,19). The Morgan fingerprint density at radius 2 is 2.30 bits per heavy atom. The first kappa shape index (κ1) is 16.6. The molecule has 0 radical (unpaired) electrons. The molecule has 1 N–H and O–H groups in total. The molecule has 0 spiro atoms. The number of likely N-dealkylation sites (N-methyl/N-ethyl adjacent to an activating group) is 1. The van der Waals surface area contributed by atoms with Gasteiger partial charge in [0.05, 0.1) is 24.9 Å². The number of hydrogen-bond acceptors (Lipinski definition) is 4. The van der Waals surface area contributed by atoms with Crippen molar-refractivity contribution in [1.82, 2.24) is 15.2 Å². The summed E-state index contributed by atoms with van der Waals surface area (Å²) in [6, 6.07) is 3.94. The van der Waals surface area contributed by atoms with Gasteiger partial charge >= 0.3 is 0 Å². The maximum Gasteiger partial charge on any atom is 0.234 e. The summed E-state index contributed by atoms with van der Waals surface area (Å²) in [4.78, 5) is 18.3. The summed E-state index contributed by atoms with van der Waals surface area (Å²) in [7, 11) is 3.56. The highest BCUT2D eigenvalue weighted by Gasteiger charge is 2.15. The molecule has 1 atom stereocenters. The van der Waals surface area contributed by atoms with Gasteiger partial charge in [0.15, 0.2) is 0 Å². The third-order valence-corrected chi connectivity index (χ3v) is 3.13. The molecule has 5 nitrogen and oxygen atoms in total. The van der Waals surface area contributed by atoms with Gasteiger partial charge in [-0.25, -0.2) is 0 Å². The van der Waals surface area contributed by atoms with Gasteiger partial charge in [-0.15, -0.1) is 0 Å². The number of rotatable bonds is 8. The molecule has 1 rings (SSSR count). The monoisotopic (exact) mass is 279 g/mol. The Bertz CT molecular complexity index is 423. The third kappa shape index (κ3) is 5.67. The van der Waals surface area contributed by atoms with Crippen molar-refractivity contribution in [2.24, 2.45) is 0 Å². The highest BCUT2D eigenvalue weighted by atomic mass is 16.5. The van der Waals surface area contributed by atoms with Gasteiger partial charge < -0.3 is 10.1 Å². The van der Waals surface area contributed by atoms with Gasteiger partial charge in [0.1, 0.15) is 0 Å². The number of aromatic nitrogens is 1. The fourth-order valence-electron chi connectivity index (χ4n) is 1.95. The number of pyridine rings is 1. The van der Waals surface area contributed by atoms with Crippen LogP contribution in [-0.4, -0.2) is 49.6 Å². The van der Waals surface area contributed by atoms with E-state index in [1.807, 2.05) is 37.9 Å². The van der Waals surface area contributed by atoms with Gasteiger partial charge in [0.2, 0.25) is 5.91 Å². The first-order valence-corrected chi connectivity index (χ1v) is 6.96. The summed E-state index contributed by atoms with van der Waals surface area (Å²) in [6.07, 6.45) is 2.61. The number of nitrogens with zero attached hydrogens (tertiary/aromatic N) is 2. The molecule has 1 unspecified atom stereocenters. The minimum atomic E-state index is -0.0294. The number of ether oxygens (including phenoxy) is 1. The molecule has 1 aromatic rings. The van der Waals surface area contributed by atoms with Crippen LogP contribution in [0.25, 0.3) is 0 Å². The van der Waals surface area contributed by atoms with Crippen LogP contribution in [0.4, 0.5) is 0 Å². The molecule has 1 aromatic heterocycles. The van der Waals surface area contributed by atoms with Crippen LogP contribution in [0.15, 0.2) is 18.3 Å². The summed E-state index contributed by atoms with van der Waals surface area (Å²) >= 11 is 0. The number of hydrogen-bond donors (Lipinski definition) is 1. The van der Waals surface area contributed by atoms with E-state index >= 15 is 0 Å². The second-order valence-electron chi connectivity index (χ2n) is 5.02. The van der Waals surface area contributed by atoms with Crippen molar-refractivity contribution < 1.29 is 9.53 Å². The van der Waals surface area contributed by atoms with Crippen molar-refractivity contribution in [3.63, 3.8) is 0 Å². The fourth-order valence-corrected chi connectivity index (χ4v) is 1.95. The van der Waals surface area contributed by atoms with Crippen molar-refractivity contribution in [2.45, 2.75) is 26.3 Å². The lowest BCUT2D eigenvalue weighted by Crippen LogP contribution is -2.38. The van der Waals surface area contributed by atoms with Gasteiger partial charge in [-0.3, -0.25) is 14.7 Å². The van der Waals surface area contributed by atoms with E-state index in [9.17, 15) is 4.79 Å². The Kier molecular flexibility index (Phi) is 7.18. The van der Waals surface area contributed by atoms with E-state index in [4.69, 9.17) is 4.74 Å². The number of aryl methyl sites for hydroxylation is 1. The zero-order valence-electron chi connectivity index (χ0n) is 12.8. The van der Waals surface area contributed by atoms with Crippen LogP contribution in [0.3, 0.4) is 0 Å².